The van der Waals surface area contributed by atoms with Crippen molar-refractivity contribution >= 4 is 29.1 Å². The highest BCUT2D eigenvalue weighted by Gasteiger charge is 2.35. The molecule has 188 valence electrons. The molecule has 1 atom stereocenters. The first-order valence-electron chi connectivity index (χ1n) is 11.2. The monoisotopic (exact) mass is 510 g/mol. The van der Waals surface area contributed by atoms with E-state index in [2.05, 4.69) is 5.32 Å². The van der Waals surface area contributed by atoms with Crippen LogP contribution in [0.25, 0.3) is 0 Å². The Labute approximate surface area is 214 Å². The van der Waals surface area contributed by atoms with Gasteiger partial charge in [-0.3, -0.25) is 9.59 Å². The van der Waals surface area contributed by atoms with Crippen molar-refractivity contribution in [2.75, 3.05) is 33.8 Å². The summed E-state index contributed by atoms with van der Waals surface area (Å²) in [7, 11) is 6.08. The molecule has 0 radical (unpaired) electrons. The maximum Gasteiger partial charge on any atom is 0.255 e. The van der Waals surface area contributed by atoms with Gasteiger partial charge >= 0.3 is 0 Å². The Hall–Kier alpha value is -3.91. The Morgan fingerprint density at radius 3 is 2.19 bits per heavy atom. The Bertz CT molecular complexity index is 1270. The van der Waals surface area contributed by atoms with Crippen LogP contribution in [0.1, 0.15) is 33.9 Å². The first kappa shape index (κ1) is 25.2. The van der Waals surface area contributed by atoms with Crippen LogP contribution in [0.2, 0.25) is 5.02 Å². The molecule has 1 heterocycles. The number of methoxy groups -OCH3 is 4. The largest absolute Gasteiger partial charge is 0.495 e. The molecule has 0 aliphatic carbocycles. The quantitative estimate of drug-likeness (QED) is 0.431. The van der Waals surface area contributed by atoms with Crippen molar-refractivity contribution in [1.82, 2.24) is 4.90 Å². The summed E-state index contributed by atoms with van der Waals surface area (Å²) in [4.78, 5) is 28.3. The second-order valence-corrected chi connectivity index (χ2v) is 8.57. The topological polar surface area (TPSA) is 86.3 Å². The predicted molar refractivity (Wildman–Crippen MR) is 136 cm³/mol. The lowest BCUT2D eigenvalue weighted by Crippen LogP contribution is -2.32. The van der Waals surface area contributed by atoms with Gasteiger partial charge in [-0.25, -0.2) is 0 Å². The zero-order valence-electron chi connectivity index (χ0n) is 20.5. The highest BCUT2D eigenvalue weighted by atomic mass is 35.5. The second-order valence-electron chi connectivity index (χ2n) is 8.17. The average molecular weight is 511 g/mol. The van der Waals surface area contributed by atoms with Crippen LogP contribution in [-0.4, -0.2) is 45.2 Å². The summed E-state index contributed by atoms with van der Waals surface area (Å²) in [5, 5.41) is 3.25. The van der Waals surface area contributed by atoms with Gasteiger partial charge in [0.15, 0.2) is 11.5 Å². The molecule has 2 amide bonds. The Balaban J connectivity index is 1.70. The van der Waals surface area contributed by atoms with Crippen molar-refractivity contribution < 1.29 is 28.5 Å². The van der Waals surface area contributed by atoms with Crippen LogP contribution in [0.15, 0.2) is 54.6 Å². The molecule has 0 fully saturated rings. The first-order valence-corrected chi connectivity index (χ1v) is 11.6. The van der Waals surface area contributed by atoms with E-state index in [1.807, 2.05) is 18.2 Å². The van der Waals surface area contributed by atoms with Gasteiger partial charge in [0.05, 0.1) is 45.9 Å². The van der Waals surface area contributed by atoms with Crippen LogP contribution < -0.4 is 24.3 Å². The van der Waals surface area contributed by atoms with E-state index in [4.69, 9.17) is 30.5 Å². The molecule has 36 heavy (non-hydrogen) atoms. The summed E-state index contributed by atoms with van der Waals surface area (Å²) >= 11 is 6.22. The summed E-state index contributed by atoms with van der Waals surface area (Å²) in [5.74, 6) is 1.36. The Kier molecular flexibility index (Phi) is 7.55. The van der Waals surface area contributed by atoms with Crippen molar-refractivity contribution in [3.05, 3.63) is 76.3 Å². The van der Waals surface area contributed by atoms with E-state index in [-0.39, 0.29) is 18.2 Å². The van der Waals surface area contributed by atoms with Gasteiger partial charge in [-0.2, -0.15) is 0 Å². The number of fused-ring (bicyclic) bond motifs is 1. The molecular weight excluding hydrogens is 484 g/mol. The van der Waals surface area contributed by atoms with Crippen molar-refractivity contribution in [1.29, 1.82) is 0 Å². The zero-order valence-corrected chi connectivity index (χ0v) is 21.2. The Morgan fingerprint density at radius 1 is 0.944 bits per heavy atom. The van der Waals surface area contributed by atoms with Gasteiger partial charge in [-0.15, -0.1) is 0 Å². The number of carbonyl (C=O) groups excluding carboxylic acids is 2. The molecule has 4 rings (SSSR count). The van der Waals surface area contributed by atoms with Crippen LogP contribution in [0.3, 0.4) is 0 Å². The fourth-order valence-corrected chi connectivity index (χ4v) is 4.62. The number of halogens is 1. The highest BCUT2D eigenvalue weighted by molar-refractivity contribution is 6.32. The molecule has 0 unspecified atom stereocenters. The third-order valence-electron chi connectivity index (χ3n) is 6.11. The lowest BCUT2D eigenvalue weighted by atomic mass is 10.00. The smallest absolute Gasteiger partial charge is 0.255 e. The molecule has 0 saturated heterocycles. The summed E-state index contributed by atoms with van der Waals surface area (Å²) < 4.78 is 21.7. The van der Waals surface area contributed by atoms with E-state index in [1.165, 1.54) is 28.4 Å². The number of hydrogen-bond donors (Lipinski definition) is 1. The molecule has 1 aliphatic heterocycles. The van der Waals surface area contributed by atoms with Gasteiger partial charge in [-0.05, 0) is 47.5 Å². The van der Waals surface area contributed by atoms with Crippen LogP contribution in [0.5, 0.6) is 23.0 Å². The van der Waals surface area contributed by atoms with Crippen LogP contribution in [0, 0.1) is 0 Å². The summed E-state index contributed by atoms with van der Waals surface area (Å²) in [6.07, 6.45) is -0.0119. The number of ether oxygens (including phenoxy) is 4. The van der Waals surface area contributed by atoms with E-state index in [0.717, 1.165) is 5.56 Å². The SMILES string of the molecule is COc1ccc(NC(=O)C[C@H](c2cc(OC)c(OC)c(OC)c2)N2Cc3ccccc3C2=O)cc1Cl. The van der Waals surface area contributed by atoms with Gasteiger partial charge < -0.3 is 29.2 Å². The number of carbonyl (C=O) groups is 2. The third kappa shape index (κ3) is 4.90. The van der Waals surface area contributed by atoms with Crippen molar-refractivity contribution in [3.63, 3.8) is 0 Å². The molecule has 0 spiro atoms. The number of nitrogens with zero attached hydrogens (tertiary/aromatic N) is 1. The average Bonchev–Trinajstić information content (AvgIpc) is 3.22. The van der Waals surface area contributed by atoms with Gasteiger partial charge in [0, 0.05) is 17.8 Å². The van der Waals surface area contributed by atoms with Gasteiger partial charge in [-0.1, -0.05) is 29.8 Å². The molecule has 9 heteroatoms. The van der Waals surface area contributed by atoms with Crippen molar-refractivity contribution in [2.45, 2.75) is 19.0 Å². The van der Waals surface area contributed by atoms with Crippen molar-refractivity contribution in [2.24, 2.45) is 0 Å². The van der Waals surface area contributed by atoms with E-state index in [9.17, 15) is 9.59 Å². The molecule has 1 aliphatic rings. The van der Waals surface area contributed by atoms with Crippen LogP contribution in [-0.2, 0) is 11.3 Å². The minimum Gasteiger partial charge on any atom is -0.495 e. The maximum absolute atomic E-state index is 13.4. The molecule has 0 aromatic heterocycles. The van der Waals surface area contributed by atoms with Gasteiger partial charge in [0.1, 0.15) is 5.75 Å². The first-order chi connectivity index (χ1) is 17.4. The fraction of sp³-hybridized carbons (Fsp3) is 0.259. The highest BCUT2D eigenvalue weighted by Crippen LogP contribution is 2.43. The Morgan fingerprint density at radius 2 is 1.61 bits per heavy atom. The number of anilines is 1. The van der Waals surface area contributed by atoms with Gasteiger partial charge in [0.2, 0.25) is 11.7 Å². The number of nitrogens with one attached hydrogen (secondary N) is 1. The van der Waals surface area contributed by atoms with Crippen LogP contribution in [0.4, 0.5) is 5.69 Å². The standard InChI is InChI=1S/C27H27ClN2O6/c1-33-22-10-9-18(13-20(22)28)29-25(31)14-21(30-15-16-7-5-6-8-19(16)27(30)32)17-11-23(34-2)26(36-4)24(12-17)35-3/h5-13,21H,14-15H2,1-4H3,(H,29,31)/t21-/m1/s1. The predicted octanol–water partition coefficient (Wildman–Crippen LogP) is 5.10. The summed E-state index contributed by atoms with van der Waals surface area (Å²) in [6, 6.07) is 15.3. The number of hydrogen-bond acceptors (Lipinski definition) is 6. The van der Waals surface area contributed by atoms with Crippen molar-refractivity contribution in [3.8, 4) is 23.0 Å². The summed E-state index contributed by atoms with van der Waals surface area (Å²) in [6.45, 7) is 0.373. The molecule has 0 bridgehead atoms. The van der Waals surface area contributed by atoms with E-state index >= 15 is 0 Å². The number of benzene rings is 3. The normalized spacial score (nSPS) is 13.1. The van der Waals surface area contributed by atoms with Crippen LogP contribution >= 0.6 is 11.6 Å². The van der Waals surface area contributed by atoms with E-state index in [0.29, 0.717) is 51.4 Å². The lowest BCUT2D eigenvalue weighted by molar-refractivity contribution is -0.117. The van der Waals surface area contributed by atoms with E-state index < -0.39 is 6.04 Å². The minimum absolute atomic E-state index is 0.0119. The molecule has 3 aromatic rings. The second kappa shape index (κ2) is 10.8. The molecule has 3 aromatic carbocycles. The minimum atomic E-state index is -0.604. The number of amides is 2. The summed E-state index contributed by atoms with van der Waals surface area (Å²) in [5.41, 5.74) is 2.72. The number of rotatable bonds is 9. The fourth-order valence-electron chi connectivity index (χ4n) is 4.36. The van der Waals surface area contributed by atoms with E-state index in [1.54, 1.807) is 41.3 Å². The molecule has 0 saturated carbocycles. The maximum atomic E-state index is 13.4. The molecule has 8 nitrogen and oxygen atoms in total. The van der Waals surface area contributed by atoms with Gasteiger partial charge in [0.25, 0.3) is 5.91 Å². The molecule has 1 N–H and O–H groups in total. The zero-order chi connectivity index (χ0) is 25.8. The molecular formula is C27H27ClN2O6. The lowest BCUT2D eigenvalue weighted by Gasteiger charge is -2.29. The third-order valence-corrected chi connectivity index (χ3v) is 6.41.